The fraction of sp³-hybridized carbons (Fsp3) is 0.562. The summed E-state index contributed by atoms with van der Waals surface area (Å²) in [4.78, 5) is 13.7. The van der Waals surface area contributed by atoms with Crippen molar-refractivity contribution < 1.29 is 9.53 Å². The molecular weight excluding hydrogens is 252 g/mol. The maximum Gasteiger partial charge on any atom is 0.317 e. The Labute approximate surface area is 121 Å². The highest BCUT2D eigenvalue weighted by Crippen LogP contribution is 2.25. The Morgan fingerprint density at radius 2 is 2.00 bits per heavy atom. The molecule has 1 aliphatic heterocycles. The number of nitrogens with one attached hydrogen (secondary N) is 1. The average molecular weight is 276 g/mol. The van der Waals surface area contributed by atoms with Gasteiger partial charge in [-0.05, 0) is 30.4 Å². The molecule has 4 heteroatoms. The Morgan fingerprint density at radius 1 is 1.30 bits per heavy atom. The van der Waals surface area contributed by atoms with Gasteiger partial charge in [0, 0.05) is 13.1 Å². The van der Waals surface area contributed by atoms with Gasteiger partial charge in [-0.1, -0.05) is 32.0 Å². The highest BCUT2D eigenvalue weighted by Gasteiger charge is 2.16. The Morgan fingerprint density at radius 3 is 2.70 bits per heavy atom. The molecule has 4 nitrogen and oxygen atoms in total. The number of hydrogen-bond acceptors (Lipinski definition) is 2. The van der Waals surface area contributed by atoms with Crippen LogP contribution >= 0.6 is 0 Å². The second-order valence-corrected chi connectivity index (χ2v) is 5.47. The number of rotatable bonds is 5. The largest absolute Gasteiger partial charge is 0.491 e. The molecule has 0 unspecified atom stereocenters. The van der Waals surface area contributed by atoms with Crippen molar-refractivity contribution in [2.45, 2.75) is 32.6 Å². The third kappa shape index (κ3) is 3.89. The third-order valence-electron chi connectivity index (χ3n) is 3.57. The number of likely N-dealkylation sites (tertiary alicyclic amines) is 1. The summed E-state index contributed by atoms with van der Waals surface area (Å²) in [6, 6.07) is 8.10. The van der Waals surface area contributed by atoms with Crippen LogP contribution in [-0.4, -0.2) is 37.2 Å². The van der Waals surface area contributed by atoms with Crippen molar-refractivity contribution in [1.29, 1.82) is 0 Å². The second kappa shape index (κ2) is 7.17. The fourth-order valence-corrected chi connectivity index (χ4v) is 2.44. The van der Waals surface area contributed by atoms with Gasteiger partial charge < -0.3 is 15.0 Å². The van der Waals surface area contributed by atoms with Crippen molar-refractivity contribution in [3.63, 3.8) is 0 Å². The summed E-state index contributed by atoms with van der Waals surface area (Å²) in [6.45, 7) is 7.10. The van der Waals surface area contributed by atoms with Gasteiger partial charge in [0.25, 0.3) is 0 Å². The molecule has 1 fully saturated rings. The summed E-state index contributed by atoms with van der Waals surface area (Å²) in [6.07, 6.45) is 2.23. The van der Waals surface area contributed by atoms with E-state index >= 15 is 0 Å². The quantitative estimate of drug-likeness (QED) is 0.840. The molecule has 0 aromatic heterocycles. The van der Waals surface area contributed by atoms with E-state index in [9.17, 15) is 4.79 Å². The molecule has 1 saturated heterocycles. The molecule has 0 spiro atoms. The number of carbonyl (C=O) groups excluding carboxylic acids is 1. The van der Waals surface area contributed by atoms with Crippen LogP contribution in [0.15, 0.2) is 24.3 Å². The summed E-state index contributed by atoms with van der Waals surface area (Å²) in [5.74, 6) is 1.35. The van der Waals surface area contributed by atoms with Gasteiger partial charge in [0.1, 0.15) is 12.4 Å². The highest BCUT2D eigenvalue weighted by atomic mass is 16.5. The molecule has 0 bridgehead atoms. The van der Waals surface area contributed by atoms with Crippen LogP contribution in [0.1, 0.15) is 38.2 Å². The Bertz CT molecular complexity index is 440. The smallest absolute Gasteiger partial charge is 0.317 e. The van der Waals surface area contributed by atoms with Gasteiger partial charge in [0.2, 0.25) is 0 Å². The van der Waals surface area contributed by atoms with Gasteiger partial charge in [0.05, 0.1) is 6.54 Å². The predicted molar refractivity (Wildman–Crippen MR) is 80.2 cm³/mol. The van der Waals surface area contributed by atoms with Gasteiger partial charge in [-0.25, -0.2) is 4.79 Å². The molecule has 1 aromatic carbocycles. The van der Waals surface area contributed by atoms with E-state index in [0.717, 1.165) is 31.7 Å². The molecule has 2 amide bonds. The minimum absolute atomic E-state index is 0.0308. The molecule has 110 valence electrons. The van der Waals surface area contributed by atoms with Crippen LogP contribution in [0.4, 0.5) is 4.79 Å². The van der Waals surface area contributed by atoms with Crippen molar-refractivity contribution in [2.75, 3.05) is 26.2 Å². The van der Waals surface area contributed by atoms with Gasteiger partial charge in [-0.2, -0.15) is 0 Å². The van der Waals surface area contributed by atoms with Crippen molar-refractivity contribution in [1.82, 2.24) is 10.2 Å². The van der Waals surface area contributed by atoms with E-state index in [0.29, 0.717) is 19.1 Å². The van der Waals surface area contributed by atoms with Crippen LogP contribution in [0.3, 0.4) is 0 Å². The van der Waals surface area contributed by atoms with Gasteiger partial charge in [-0.15, -0.1) is 0 Å². The first-order chi connectivity index (χ1) is 9.68. The zero-order valence-electron chi connectivity index (χ0n) is 12.4. The van der Waals surface area contributed by atoms with Crippen LogP contribution in [-0.2, 0) is 0 Å². The first-order valence-corrected chi connectivity index (χ1v) is 7.43. The number of hydrogen-bond donors (Lipinski definition) is 1. The molecule has 0 atom stereocenters. The lowest BCUT2D eigenvalue weighted by molar-refractivity contribution is 0.205. The predicted octanol–water partition coefficient (Wildman–Crippen LogP) is 2.99. The average Bonchev–Trinajstić information content (AvgIpc) is 2.98. The van der Waals surface area contributed by atoms with E-state index < -0.39 is 0 Å². The third-order valence-corrected chi connectivity index (χ3v) is 3.57. The number of nitrogens with zero attached hydrogens (tertiary/aromatic N) is 1. The van der Waals surface area contributed by atoms with Gasteiger partial charge in [-0.3, -0.25) is 0 Å². The van der Waals surface area contributed by atoms with Crippen molar-refractivity contribution in [2.24, 2.45) is 0 Å². The summed E-state index contributed by atoms with van der Waals surface area (Å²) in [7, 11) is 0. The van der Waals surface area contributed by atoms with E-state index in [1.54, 1.807) is 0 Å². The molecule has 0 radical (unpaired) electrons. The van der Waals surface area contributed by atoms with E-state index in [4.69, 9.17) is 4.74 Å². The molecule has 1 heterocycles. The SMILES string of the molecule is CC(C)c1ccccc1OCCNC(=O)N1CCCC1. The normalized spacial score (nSPS) is 14.7. The number of benzene rings is 1. The number of para-hydroxylation sites is 1. The lowest BCUT2D eigenvalue weighted by Gasteiger charge is -2.17. The Balaban J connectivity index is 1.74. The van der Waals surface area contributed by atoms with Crippen LogP contribution in [0, 0.1) is 0 Å². The van der Waals surface area contributed by atoms with Crippen molar-refractivity contribution in [3.8, 4) is 5.75 Å². The van der Waals surface area contributed by atoms with E-state index in [1.165, 1.54) is 5.56 Å². The standard InChI is InChI=1S/C16H24N2O2/c1-13(2)14-7-3-4-8-15(14)20-12-9-17-16(19)18-10-5-6-11-18/h3-4,7-8,13H,5-6,9-12H2,1-2H3,(H,17,19). The minimum Gasteiger partial charge on any atom is -0.491 e. The summed E-state index contributed by atoms with van der Waals surface area (Å²) in [5.41, 5.74) is 1.21. The van der Waals surface area contributed by atoms with Crippen LogP contribution in [0.2, 0.25) is 0 Å². The molecule has 1 aromatic rings. The zero-order chi connectivity index (χ0) is 14.4. The Kier molecular flexibility index (Phi) is 5.27. The maximum absolute atomic E-state index is 11.8. The van der Waals surface area contributed by atoms with E-state index in [1.807, 2.05) is 23.1 Å². The lowest BCUT2D eigenvalue weighted by atomic mass is 10.0. The van der Waals surface area contributed by atoms with Crippen molar-refractivity contribution >= 4 is 6.03 Å². The number of carbonyl (C=O) groups is 1. The first-order valence-electron chi connectivity index (χ1n) is 7.43. The fourth-order valence-electron chi connectivity index (χ4n) is 2.44. The topological polar surface area (TPSA) is 41.6 Å². The van der Waals surface area contributed by atoms with Gasteiger partial charge >= 0.3 is 6.03 Å². The molecule has 0 saturated carbocycles. The first kappa shape index (κ1) is 14.7. The number of amides is 2. The van der Waals surface area contributed by atoms with E-state index in [-0.39, 0.29) is 6.03 Å². The van der Waals surface area contributed by atoms with Crippen LogP contribution in [0.5, 0.6) is 5.75 Å². The van der Waals surface area contributed by atoms with Crippen LogP contribution < -0.4 is 10.1 Å². The molecule has 0 aliphatic carbocycles. The number of urea groups is 1. The summed E-state index contributed by atoms with van der Waals surface area (Å²) >= 11 is 0. The summed E-state index contributed by atoms with van der Waals surface area (Å²) in [5, 5.41) is 2.91. The van der Waals surface area contributed by atoms with E-state index in [2.05, 4.69) is 25.2 Å². The molecular formula is C16H24N2O2. The zero-order valence-corrected chi connectivity index (χ0v) is 12.4. The second-order valence-electron chi connectivity index (χ2n) is 5.47. The Hall–Kier alpha value is -1.71. The molecule has 1 aliphatic rings. The molecule has 2 rings (SSSR count). The van der Waals surface area contributed by atoms with Crippen molar-refractivity contribution in [3.05, 3.63) is 29.8 Å². The maximum atomic E-state index is 11.8. The van der Waals surface area contributed by atoms with Crippen LogP contribution in [0.25, 0.3) is 0 Å². The molecule has 20 heavy (non-hydrogen) atoms. The monoisotopic (exact) mass is 276 g/mol. The highest BCUT2D eigenvalue weighted by molar-refractivity contribution is 5.74. The van der Waals surface area contributed by atoms with Gasteiger partial charge in [0.15, 0.2) is 0 Å². The number of ether oxygens (including phenoxy) is 1. The molecule has 1 N–H and O–H groups in total. The lowest BCUT2D eigenvalue weighted by Crippen LogP contribution is -2.39. The minimum atomic E-state index is 0.0308. The summed E-state index contributed by atoms with van der Waals surface area (Å²) < 4.78 is 5.78.